The van der Waals surface area contributed by atoms with E-state index < -0.39 is 5.97 Å². The lowest BCUT2D eigenvalue weighted by molar-refractivity contribution is 0.0257. The fourth-order valence-electron chi connectivity index (χ4n) is 2.75. The second-order valence-corrected chi connectivity index (χ2v) is 5.42. The van der Waals surface area contributed by atoms with Crippen LogP contribution in [0, 0.1) is 0 Å². The molecule has 0 atom stereocenters. The summed E-state index contributed by atoms with van der Waals surface area (Å²) in [4.78, 5) is 11.3. The predicted molar refractivity (Wildman–Crippen MR) is 82.7 cm³/mol. The molecule has 0 unspecified atom stereocenters. The molecule has 2 heterocycles. The van der Waals surface area contributed by atoms with Crippen LogP contribution in [-0.2, 0) is 11.2 Å². The van der Waals surface area contributed by atoms with Crippen molar-refractivity contribution in [3.05, 3.63) is 35.5 Å². The number of aromatic nitrogens is 1. The van der Waals surface area contributed by atoms with E-state index >= 15 is 0 Å². The molecular formula is C17H19NO5. The largest absolute Gasteiger partial charge is 0.489 e. The van der Waals surface area contributed by atoms with Gasteiger partial charge in [-0.25, -0.2) is 4.79 Å². The maximum atomic E-state index is 11.3. The van der Waals surface area contributed by atoms with Crippen LogP contribution in [0.5, 0.6) is 5.75 Å². The number of para-hydroxylation sites is 1. The minimum atomic E-state index is -1.08. The molecule has 122 valence electrons. The molecule has 1 N–H and O–H groups in total. The first-order valence-corrected chi connectivity index (χ1v) is 7.76. The number of aromatic carboxylic acids is 1. The minimum absolute atomic E-state index is 0.0385. The van der Waals surface area contributed by atoms with Crippen LogP contribution < -0.4 is 4.74 Å². The van der Waals surface area contributed by atoms with Gasteiger partial charge in [0.25, 0.3) is 0 Å². The van der Waals surface area contributed by atoms with Gasteiger partial charge in [0.15, 0.2) is 11.5 Å². The Bertz CT molecular complexity index is 688. The van der Waals surface area contributed by atoms with Crippen molar-refractivity contribution in [3.63, 3.8) is 0 Å². The number of rotatable bonds is 5. The average molecular weight is 317 g/mol. The Kier molecular flexibility index (Phi) is 4.62. The van der Waals surface area contributed by atoms with E-state index in [0.717, 1.165) is 18.4 Å². The van der Waals surface area contributed by atoms with Crippen molar-refractivity contribution in [1.29, 1.82) is 0 Å². The van der Waals surface area contributed by atoms with Gasteiger partial charge in [-0.15, -0.1) is 0 Å². The van der Waals surface area contributed by atoms with Crippen LogP contribution in [-0.4, -0.2) is 35.6 Å². The summed E-state index contributed by atoms with van der Waals surface area (Å²) in [5.74, 6) is 0.0643. The smallest absolute Gasteiger partial charge is 0.358 e. The third-order valence-corrected chi connectivity index (χ3v) is 3.94. The third kappa shape index (κ3) is 3.22. The Hall–Kier alpha value is -2.34. The van der Waals surface area contributed by atoms with Crippen molar-refractivity contribution >= 4 is 5.97 Å². The summed E-state index contributed by atoms with van der Waals surface area (Å²) in [6, 6.07) is 7.49. The van der Waals surface area contributed by atoms with Crippen LogP contribution in [0.1, 0.15) is 35.8 Å². The van der Waals surface area contributed by atoms with Crippen molar-refractivity contribution in [3.8, 4) is 17.1 Å². The highest BCUT2D eigenvalue weighted by Crippen LogP contribution is 2.35. The molecule has 1 aliphatic heterocycles. The zero-order chi connectivity index (χ0) is 16.2. The molecule has 6 heteroatoms. The van der Waals surface area contributed by atoms with Gasteiger partial charge in [-0.1, -0.05) is 24.2 Å². The van der Waals surface area contributed by atoms with E-state index in [-0.39, 0.29) is 11.8 Å². The summed E-state index contributed by atoms with van der Waals surface area (Å²) in [5.41, 5.74) is 1.28. The lowest BCUT2D eigenvalue weighted by Crippen LogP contribution is -2.26. The molecule has 1 fully saturated rings. The van der Waals surface area contributed by atoms with E-state index in [4.69, 9.17) is 14.0 Å². The summed E-state index contributed by atoms with van der Waals surface area (Å²) >= 11 is 0. The van der Waals surface area contributed by atoms with Gasteiger partial charge in [0, 0.05) is 18.4 Å². The monoisotopic (exact) mass is 317 g/mol. The highest BCUT2D eigenvalue weighted by atomic mass is 16.5. The molecule has 0 radical (unpaired) electrons. The molecule has 6 nitrogen and oxygen atoms in total. The topological polar surface area (TPSA) is 81.8 Å². The van der Waals surface area contributed by atoms with Gasteiger partial charge in [-0.2, -0.15) is 0 Å². The van der Waals surface area contributed by atoms with Gasteiger partial charge in [-0.05, 0) is 18.6 Å². The molecular weight excluding hydrogens is 298 g/mol. The van der Waals surface area contributed by atoms with Crippen LogP contribution in [0.15, 0.2) is 28.8 Å². The molecule has 2 aromatic rings. The van der Waals surface area contributed by atoms with Crippen molar-refractivity contribution < 1.29 is 23.9 Å². The van der Waals surface area contributed by atoms with Gasteiger partial charge < -0.3 is 19.1 Å². The maximum Gasteiger partial charge on any atom is 0.358 e. The molecule has 0 aliphatic carbocycles. The molecule has 0 bridgehead atoms. The second-order valence-electron chi connectivity index (χ2n) is 5.42. The van der Waals surface area contributed by atoms with Crippen molar-refractivity contribution in [2.75, 3.05) is 13.2 Å². The fraction of sp³-hybridized carbons (Fsp3) is 0.412. The van der Waals surface area contributed by atoms with Gasteiger partial charge in [-0.3, -0.25) is 0 Å². The Morgan fingerprint density at radius 2 is 2.09 bits per heavy atom. The van der Waals surface area contributed by atoms with Crippen LogP contribution in [0.3, 0.4) is 0 Å². The highest BCUT2D eigenvalue weighted by molar-refractivity contribution is 5.89. The van der Waals surface area contributed by atoms with E-state index in [0.29, 0.717) is 36.7 Å². The number of carboxylic acids is 1. The third-order valence-electron chi connectivity index (χ3n) is 3.94. The molecule has 1 aromatic heterocycles. The first-order chi connectivity index (χ1) is 11.2. The SMILES string of the molecule is CCc1c(C(=O)O)noc1-c1ccccc1OC1CCOCC1. The van der Waals surface area contributed by atoms with Crippen LogP contribution in [0.2, 0.25) is 0 Å². The molecule has 1 aromatic carbocycles. The number of hydrogen-bond acceptors (Lipinski definition) is 5. The number of hydrogen-bond donors (Lipinski definition) is 1. The Balaban J connectivity index is 1.95. The van der Waals surface area contributed by atoms with Gasteiger partial charge in [0.05, 0.1) is 18.8 Å². The summed E-state index contributed by atoms with van der Waals surface area (Å²) in [6.45, 7) is 3.27. The summed E-state index contributed by atoms with van der Waals surface area (Å²) in [6.07, 6.45) is 2.29. The Morgan fingerprint density at radius 3 is 2.78 bits per heavy atom. The number of carbonyl (C=O) groups is 1. The quantitative estimate of drug-likeness (QED) is 0.912. The molecule has 0 amide bonds. The zero-order valence-electron chi connectivity index (χ0n) is 12.9. The van der Waals surface area contributed by atoms with Gasteiger partial charge >= 0.3 is 5.97 Å². The Labute approximate surface area is 134 Å². The average Bonchev–Trinajstić information content (AvgIpc) is 3.00. The van der Waals surface area contributed by atoms with E-state index in [1.165, 1.54) is 0 Å². The second kappa shape index (κ2) is 6.83. The first kappa shape index (κ1) is 15.6. The lowest BCUT2D eigenvalue weighted by Gasteiger charge is -2.24. The van der Waals surface area contributed by atoms with Crippen molar-refractivity contribution in [2.45, 2.75) is 32.3 Å². The van der Waals surface area contributed by atoms with E-state index in [1.54, 1.807) is 0 Å². The number of ether oxygens (including phenoxy) is 2. The number of carboxylic acid groups (broad SMARTS) is 1. The summed E-state index contributed by atoms with van der Waals surface area (Å²) in [7, 11) is 0. The van der Waals surface area contributed by atoms with Gasteiger partial charge in [0.1, 0.15) is 11.9 Å². The molecule has 0 spiro atoms. The molecule has 3 rings (SSSR count). The van der Waals surface area contributed by atoms with Gasteiger partial charge in [0.2, 0.25) is 0 Å². The predicted octanol–water partition coefficient (Wildman–Crippen LogP) is 3.16. The van der Waals surface area contributed by atoms with E-state index in [9.17, 15) is 9.90 Å². The van der Waals surface area contributed by atoms with Crippen molar-refractivity contribution in [1.82, 2.24) is 5.16 Å². The molecule has 1 aliphatic rings. The summed E-state index contributed by atoms with van der Waals surface area (Å²) < 4.78 is 16.8. The summed E-state index contributed by atoms with van der Waals surface area (Å²) in [5, 5.41) is 12.9. The maximum absolute atomic E-state index is 11.3. The van der Waals surface area contributed by atoms with Crippen LogP contribution >= 0.6 is 0 Å². The Morgan fingerprint density at radius 1 is 1.35 bits per heavy atom. The normalized spacial score (nSPS) is 15.5. The highest BCUT2D eigenvalue weighted by Gasteiger charge is 2.24. The van der Waals surface area contributed by atoms with Crippen molar-refractivity contribution in [2.24, 2.45) is 0 Å². The van der Waals surface area contributed by atoms with Crippen LogP contribution in [0.4, 0.5) is 0 Å². The van der Waals surface area contributed by atoms with E-state index in [2.05, 4.69) is 5.16 Å². The lowest BCUT2D eigenvalue weighted by atomic mass is 10.0. The number of benzene rings is 1. The zero-order valence-corrected chi connectivity index (χ0v) is 12.9. The van der Waals surface area contributed by atoms with Crippen LogP contribution in [0.25, 0.3) is 11.3 Å². The minimum Gasteiger partial charge on any atom is -0.489 e. The van der Waals surface area contributed by atoms with E-state index in [1.807, 2.05) is 31.2 Å². The standard InChI is InChI=1S/C17H19NO5/c1-2-12-15(17(19)20)18-23-16(12)13-5-3-4-6-14(13)22-11-7-9-21-10-8-11/h3-6,11H,2,7-10H2,1H3,(H,19,20). The fourth-order valence-corrected chi connectivity index (χ4v) is 2.75. The first-order valence-electron chi connectivity index (χ1n) is 7.76. The number of nitrogens with zero attached hydrogens (tertiary/aromatic N) is 1. The molecule has 1 saturated heterocycles. The molecule has 0 saturated carbocycles. The molecule has 23 heavy (non-hydrogen) atoms.